The summed E-state index contributed by atoms with van der Waals surface area (Å²) >= 11 is 1.52. The maximum atomic E-state index is 13.2. The van der Waals surface area contributed by atoms with Gasteiger partial charge in [-0.1, -0.05) is 54.2 Å². The lowest BCUT2D eigenvalue weighted by Gasteiger charge is -2.29. The number of amides is 3. The van der Waals surface area contributed by atoms with Crippen molar-refractivity contribution in [1.29, 1.82) is 0 Å². The van der Waals surface area contributed by atoms with E-state index in [4.69, 9.17) is 4.74 Å². The molecule has 2 bridgehead atoms. The van der Waals surface area contributed by atoms with Gasteiger partial charge in [0.25, 0.3) is 0 Å². The Hall–Kier alpha value is -2.49. The number of fused-ring (bicyclic) bond motifs is 3. The zero-order valence-electron chi connectivity index (χ0n) is 21.6. The fourth-order valence-electron chi connectivity index (χ4n) is 3.88. The zero-order valence-corrected chi connectivity index (χ0v) is 22.4. The van der Waals surface area contributed by atoms with Crippen LogP contribution in [0.1, 0.15) is 54.4 Å². The summed E-state index contributed by atoms with van der Waals surface area (Å²) in [5.41, 5.74) is 0.504. The Bertz CT molecular complexity index is 844. The third kappa shape index (κ3) is 8.02. The van der Waals surface area contributed by atoms with Gasteiger partial charge in [0.15, 0.2) is 0 Å². The summed E-state index contributed by atoms with van der Waals surface area (Å²) in [4.78, 5) is 52.4. The molecular weight excluding hydrogens is 468 g/mol. The van der Waals surface area contributed by atoms with E-state index in [1.54, 1.807) is 6.08 Å². The lowest BCUT2D eigenvalue weighted by molar-refractivity contribution is -0.153. The van der Waals surface area contributed by atoms with Crippen molar-refractivity contribution in [2.24, 2.45) is 11.8 Å². The highest BCUT2D eigenvalue weighted by molar-refractivity contribution is 8.00. The van der Waals surface area contributed by atoms with Crippen molar-refractivity contribution in [3.63, 3.8) is 0 Å². The van der Waals surface area contributed by atoms with Gasteiger partial charge in [-0.3, -0.25) is 14.4 Å². The van der Waals surface area contributed by atoms with Gasteiger partial charge in [0.05, 0.1) is 12.5 Å². The van der Waals surface area contributed by atoms with Crippen molar-refractivity contribution in [3.8, 4) is 0 Å². The van der Waals surface area contributed by atoms with Crippen LogP contribution in [0.15, 0.2) is 24.4 Å². The highest BCUT2D eigenvalue weighted by Gasteiger charge is 2.37. The lowest BCUT2D eigenvalue weighted by Crippen LogP contribution is -2.57. The second-order valence-electron chi connectivity index (χ2n) is 9.78. The van der Waals surface area contributed by atoms with Gasteiger partial charge < -0.3 is 26.0 Å². The summed E-state index contributed by atoms with van der Waals surface area (Å²) in [5.74, 6) is -1.59. The first kappa shape index (κ1) is 28.7. The summed E-state index contributed by atoms with van der Waals surface area (Å²) in [5, 5.41) is 11.6. The third-order valence-electron chi connectivity index (χ3n) is 6.08. The Morgan fingerprint density at radius 1 is 1.00 bits per heavy atom. The first-order chi connectivity index (χ1) is 16.4. The van der Waals surface area contributed by atoms with Crippen LogP contribution in [0.4, 0.5) is 0 Å². The summed E-state index contributed by atoms with van der Waals surface area (Å²) < 4.78 is 5.67. The van der Waals surface area contributed by atoms with Crippen molar-refractivity contribution in [2.45, 2.75) is 89.9 Å². The van der Waals surface area contributed by atoms with Gasteiger partial charge in [0.1, 0.15) is 24.2 Å². The van der Waals surface area contributed by atoms with Crippen LogP contribution in [0.3, 0.4) is 0 Å². The molecule has 2 rings (SSSR count). The maximum absolute atomic E-state index is 13.2. The van der Waals surface area contributed by atoms with E-state index in [9.17, 15) is 19.2 Å². The number of carbonyl (C=O) groups is 4. The van der Waals surface area contributed by atoms with Crippen molar-refractivity contribution in [3.05, 3.63) is 24.4 Å². The van der Waals surface area contributed by atoms with Gasteiger partial charge in [-0.25, -0.2) is 4.79 Å². The highest BCUT2D eigenvalue weighted by Crippen LogP contribution is 2.23. The summed E-state index contributed by atoms with van der Waals surface area (Å²) in [6, 6.07) is -2.73. The molecule has 0 aliphatic carbocycles. The number of ether oxygens (including phenoxy) is 1. The Kier molecular flexibility index (Phi) is 10.7. The minimum Gasteiger partial charge on any atom is -0.456 e. The van der Waals surface area contributed by atoms with Gasteiger partial charge >= 0.3 is 5.97 Å². The molecule has 2 unspecified atom stereocenters. The van der Waals surface area contributed by atoms with Gasteiger partial charge in [0, 0.05) is 16.7 Å². The Labute approximate surface area is 212 Å². The van der Waals surface area contributed by atoms with Crippen LogP contribution in [0.5, 0.6) is 0 Å². The SMILES string of the molecule is C=C1NC2C(=O)N[C@@H](C(C)C)C(=O)O[C@@H](/C=C/CC)CC(=O)N[C@H](C(C)C)C(=O)N[C@@H]1CSC2C. The van der Waals surface area contributed by atoms with Crippen LogP contribution >= 0.6 is 11.8 Å². The standard InChI is InChI=1S/C25H40N4O5S/c1-8-9-10-17-11-19(30)28-20(13(2)3)23(31)27-18-12-35-16(7)22(26-15(18)6)24(32)29-21(14(4)5)25(33)34-17/h9-10,13-14,16-18,20-22,26H,6,8,11-12H2,1-5,7H3,(H,27,31)(H,28,30)(H,29,32)/b10-9+/t16?,17-,18+,20+,21-,22?/m0/s1. The minimum absolute atomic E-state index is 0.134. The number of allylic oxidation sites excluding steroid dienone is 1. The zero-order chi connectivity index (χ0) is 26.3. The molecule has 0 radical (unpaired) electrons. The van der Waals surface area contributed by atoms with E-state index >= 15 is 0 Å². The van der Waals surface area contributed by atoms with Gasteiger partial charge in [0.2, 0.25) is 17.7 Å². The van der Waals surface area contributed by atoms with Crippen molar-refractivity contribution in [1.82, 2.24) is 21.3 Å². The molecule has 9 nitrogen and oxygen atoms in total. The molecule has 0 saturated carbocycles. The van der Waals surface area contributed by atoms with E-state index in [2.05, 4.69) is 27.8 Å². The average Bonchev–Trinajstić information content (AvgIpc) is 2.91. The normalized spacial score (nSPS) is 31.6. The van der Waals surface area contributed by atoms with Gasteiger partial charge in [-0.15, -0.1) is 0 Å². The van der Waals surface area contributed by atoms with E-state index in [1.165, 1.54) is 11.8 Å². The smallest absolute Gasteiger partial charge is 0.329 e. The summed E-state index contributed by atoms with van der Waals surface area (Å²) in [6.45, 7) is 15.2. The summed E-state index contributed by atoms with van der Waals surface area (Å²) in [6.07, 6.45) is 3.23. The van der Waals surface area contributed by atoms with Crippen molar-refractivity contribution in [2.75, 3.05) is 5.75 Å². The second-order valence-corrected chi connectivity index (χ2v) is 11.2. The molecule has 0 spiro atoms. The molecule has 0 aromatic carbocycles. The quantitative estimate of drug-likeness (QED) is 0.336. The monoisotopic (exact) mass is 508 g/mol. The van der Waals surface area contributed by atoms with E-state index in [-0.39, 0.29) is 35.3 Å². The average molecular weight is 509 g/mol. The second kappa shape index (κ2) is 13.0. The van der Waals surface area contributed by atoms with E-state index in [0.717, 1.165) is 0 Å². The molecule has 35 heavy (non-hydrogen) atoms. The molecule has 2 aliphatic heterocycles. The largest absolute Gasteiger partial charge is 0.456 e. The molecule has 2 fully saturated rings. The number of cyclic esters (lactones) is 1. The Morgan fingerprint density at radius 2 is 1.66 bits per heavy atom. The van der Waals surface area contributed by atoms with Crippen LogP contribution in [0, 0.1) is 11.8 Å². The molecule has 2 aliphatic rings. The van der Waals surface area contributed by atoms with E-state index in [0.29, 0.717) is 17.9 Å². The molecule has 2 saturated heterocycles. The first-order valence-electron chi connectivity index (χ1n) is 12.3. The molecule has 0 aromatic rings. The van der Waals surface area contributed by atoms with Crippen LogP contribution in [-0.4, -0.2) is 65.0 Å². The molecule has 2 heterocycles. The fraction of sp³-hybridized carbons (Fsp3) is 0.680. The maximum Gasteiger partial charge on any atom is 0.329 e. The third-order valence-corrected chi connectivity index (χ3v) is 7.40. The van der Waals surface area contributed by atoms with Crippen molar-refractivity contribution >= 4 is 35.5 Å². The van der Waals surface area contributed by atoms with E-state index in [1.807, 2.05) is 47.6 Å². The lowest BCUT2D eigenvalue weighted by atomic mass is 10.0. The predicted molar refractivity (Wildman–Crippen MR) is 137 cm³/mol. The summed E-state index contributed by atoms with van der Waals surface area (Å²) in [7, 11) is 0. The number of nitrogens with one attached hydrogen (secondary N) is 4. The van der Waals surface area contributed by atoms with Crippen LogP contribution in [0.2, 0.25) is 0 Å². The Morgan fingerprint density at radius 3 is 2.26 bits per heavy atom. The fourth-order valence-corrected chi connectivity index (χ4v) is 5.05. The van der Waals surface area contributed by atoms with Gasteiger partial charge in [-0.05, 0) is 24.3 Å². The number of thioether (sulfide) groups is 1. The molecule has 0 aromatic heterocycles. The molecule has 196 valence electrons. The van der Waals surface area contributed by atoms with Crippen molar-refractivity contribution < 1.29 is 23.9 Å². The molecular formula is C25H40N4O5S. The van der Waals surface area contributed by atoms with E-state index < -0.39 is 42.1 Å². The predicted octanol–water partition coefficient (Wildman–Crippen LogP) is 1.64. The molecule has 6 atom stereocenters. The first-order valence-corrected chi connectivity index (χ1v) is 13.3. The highest BCUT2D eigenvalue weighted by atomic mass is 32.2. The molecule has 10 heteroatoms. The number of rotatable bonds is 4. The van der Waals surface area contributed by atoms with Gasteiger partial charge in [-0.2, -0.15) is 11.8 Å². The van der Waals surface area contributed by atoms with Crippen LogP contribution in [-0.2, 0) is 23.9 Å². The molecule has 3 amide bonds. The number of carbonyl (C=O) groups excluding carboxylic acids is 4. The number of hydrogen-bond donors (Lipinski definition) is 4. The topological polar surface area (TPSA) is 126 Å². The number of esters is 1. The van der Waals surface area contributed by atoms with Crippen LogP contribution < -0.4 is 21.3 Å². The minimum atomic E-state index is -0.884. The number of hydrogen-bond acceptors (Lipinski definition) is 7. The Balaban J connectivity index is 2.45. The van der Waals surface area contributed by atoms with Crippen LogP contribution in [0.25, 0.3) is 0 Å². The molecule has 4 N–H and O–H groups in total.